The molecule has 25 heavy (non-hydrogen) atoms. The quantitative estimate of drug-likeness (QED) is 0.829. The molecule has 4 nitrogen and oxygen atoms in total. The Hall–Kier alpha value is -2.11. The molecule has 2 aromatic rings. The average molecular weight is 351 g/mol. The minimum absolute atomic E-state index is 0.0552. The van der Waals surface area contributed by atoms with E-state index in [4.69, 9.17) is 0 Å². The smallest absolute Gasteiger partial charge is 0.251 e. The fraction of sp³-hybridized carbons (Fsp3) is 0.300. The summed E-state index contributed by atoms with van der Waals surface area (Å²) in [6.07, 6.45) is 5.34. The molecular formula is C20H21N3OS. The highest BCUT2D eigenvalue weighted by Crippen LogP contribution is 2.27. The van der Waals surface area contributed by atoms with Crippen LogP contribution in [0.15, 0.2) is 52.4 Å². The number of hydrogen-bond acceptors (Lipinski definition) is 4. The second kappa shape index (κ2) is 7.42. The minimum Gasteiger partial charge on any atom is -0.348 e. The molecule has 0 unspecified atom stereocenters. The van der Waals surface area contributed by atoms with Crippen LogP contribution in [0.5, 0.6) is 0 Å². The highest BCUT2D eigenvalue weighted by atomic mass is 32.2. The van der Waals surface area contributed by atoms with Crippen molar-refractivity contribution in [3.05, 3.63) is 59.2 Å². The molecule has 0 aromatic heterocycles. The van der Waals surface area contributed by atoms with Crippen LogP contribution in [-0.2, 0) is 13.0 Å². The van der Waals surface area contributed by atoms with Gasteiger partial charge in [0.25, 0.3) is 5.91 Å². The molecule has 1 saturated heterocycles. The molecular weight excluding hydrogens is 330 g/mol. The van der Waals surface area contributed by atoms with Crippen molar-refractivity contribution in [1.29, 1.82) is 0 Å². The van der Waals surface area contributed by atoms with Gasteiger partial charge in [0.1, 0.15) is 0 Å². The molecule has 0 aliphatic carbocycles. The normalized spacial score (nSPS) is 16.2. The molecule has 4 rings (SSSR count). The van der Waals surface area contributed by atoms with Gasteiger partial charge in [-0.25, -0.2) is 4.31 Å². The zero-order chi connectivity index (χ0) is 17.1. The highest BCUT2D eigenvalue weighted by molar-refractivity contribution is 7.97. The Morgan fingerprint density at radius 1 is 1.12 bits per heavy atom. The standard InChI is InChI=1S/C20H21N3OS/c24-20(17-6-5-16-9-10-21-19(16)13-17)22-14-15-3-7-18(8-4-15)25-23-11-1-2-12-23/h3-8,10,13H,1-2,9,11-12,14H2,(H,22,24). The van der Waals surface area contributed by atoms with Crippen molar-refractivity contribution in [2.45, 2.75) is 30.7 Å². The van der Waals surface area contributed by atoms with Crippen LogP contribution in [-0.4, -0.2) is 29.5 Å². The molecule has 0 spiro atoms. The maximum Gasteiger partial charge on any atom is 0.251 e. The van der Waals surface area contributed by atoms with Gasteiger partial charge in [0, 0.05) is 42.7 Å². The van der Waals surface area contributed by atoms with Crippen molar-refractivity contribution in [2.24, 2.45) is 4.99 Å². The molecule has 0 bridgehead atoms. The fourth-order valence-electron chi connectivity index (χ4n) is 3.12. The van der Waals surface area contributed by atoms with Gasteiger partial charge in [0.2, 0.25) is 0 Å². The molecule has 2 aromatic carbocycles. The zero-order valence-corrected chi connectivity index (χ0v) is 14.9. The summed E-state index contributed by atoms with van der Waals surface area (Å²) in [5.74, 6) is -0.0552. The number of rotatable bonds is 5. The van der Waals surface area contributed by atoms with Crippen LogP contribution in [0.3, 0.4) is 0 Å². The molecule has 0 saturated carbocycles. The molecule has 0 radical (unpaired) electrons. The Labute approximate surface area is 152 Å². The van der Waals surface area contributed by atoms with Gasteiger partial charge in [-0.3, -0.25) is 9.79 Å². The Balaban J connectivity index is 1.33. The molecule has 0 atom stereocenters. The van der Waals surface area contributed by atoms with E-state index in [-0.39, 0.29) is 5.91 Å². The molecule has 128 valence electrons. The number of benzene rings is 2. The van der Waals surface area contributed by atoms with E-state index >= 15 is 0 Å². The lowest BCUT2D eigenvalue weighted by atomic mass is 10.1. The summed E-state index contributed by atoms with van der Waals surface area (Å²) in [6, 6.07) is 14.2. The van der Waals surface area contributed by atoms with E-state index in [9.17, 15) is 4.79 Å². The number of nitrogens with one attached hydrogen (secondary N) is 1. The van der Waals surface area contributed by atoms with Crippen LogP contribution in [0.25, 0.3) is 0 Å². The van der Waals surface area contributed by atoms with E-state index in [1.165, 1.54) is 36.4 Å². The molecule has 2 aliphatic rings. The molecule has 2 heterocycles. The van der Waals surface area contributed by atoms with Crippen molar-refractivity contribution in [1.82, 2.24) is 9.62 Å². The Bertz CT molecular complexity index is 795. The number of carbonyl (C=O) groups is 1. The lowest BCUT2D eigenvalue weighted by Gasteiger charge is -2.13. The van der Waals surface area contributed by atoms with Gasteiger partial charge in [-0.2, -0.15) is 0 Å². The maximum atomic E-state index is 12.3. The first kappa shape index (κ1) is 16.4. The first-order chi connectivity index (χ1) is 12.3. The lowest BCUT2D eigenvalue weighted by molar-refractivity contribution is 0.0951. The van der Waals surface area contributed by atoms with E-state index in [1.54, 1.807) is 0 Å². The fourth-order valence-corrected chi connectivity index (χ4v) is 4.12. The third-order valence-electron chi connectivity index (χ3n) is 4.57. The summed E-state index contributed by atoms with van der Waals surface area (Å²) >= 11 is 1.83. The largest absolute Gasteiger partial charge is 0.348 e. The number of carbonyl (C=O) groups excluding carboxylic acids is 1. The predicted molar refractivity (Wildman–Crippen MR) is 103 cm³/mol. The number of amides is 1. The summed E-state index contributed by atoms with van der Waals surface area (Å²) < 4.78 is 2.41. The second-order valence-electron chi connectivity index (χ2n) is 6.41. The maximum absolute atomic E-state index is 12.3. The van der Waals surface area contributed by atoms with Gasteiger partial charge in [0.15, 0.2) is 0 Å². The summed E-state index contributed by atoms with van der Waals surface area (Å²) in [5, 5.41) is 2.99. The molecule has 1 N–H and O–H groups in total. The van der Waals surface area contributed by atoms with Crippen molar-refractivity contribution in [3.8, 4) is 0 Å². The van der Waals surface area contributed by atoms with E-state index in [0.717, 1.165) is 17.7 Å². The SMILES string of the molecule is O=C(NCc1ccc(SN2CCCC2)cc1)c1ccc2c(c1)N=CC2. The van der Waals surface area contributed by atoms with Crippen LogP contribution in [0.1, 0.15) is 34.3 Å². The van der Waals surface area contributed by atoms with E-state index in [0.29, 0.717) is 12.1 Å². The third-order valence-corrected chi connectivity index (χ3v) is 5.67. The van der Waals surface area contributed by atoms with Gasteiger partial charge in [-0.1, -0.05) is 18.2 Å². The van der Waals surface area contributed by atoms with Crippen LogP contribution < -0.4 is 5.32 Å². The van der Waals surface area contributed by atoms with Crippen molar-refractivity contribution in [2.75, 3.05) is 13.1 Å². The van der Waals surface area contributed by atoms with E-state index in [1.807, 2.05) is 36.4 Å². The first-order valence-corrected chi connectivity index (χ1v) is 9.51. The lowest BCUT2D eigenvalue weighted by Crippen LogP contribution is -2.22. The summed E-state index contributed by atoms with van der Waals surface area (Å²) in [6.45, 7) is 2.88. The monoisotopic (exact) mass is 351 g/mol. The molecule has 1 fully saturated rings. The molecule has 1 amide bonds. The topological polar surface area (TPSA) is 44.7 Å². The van der Waals surface area contributed by atoms with Gasteiger partial charge in [0.05, 0.1) is 5.69 Å². The van der Waals surface area contributed by atoms with Gasteiger partial charge in [-0.15, -0.1) is 0 Å². The Kier molecular flexibility index (Phi) is 4.85. The predicted octanol–water partition coefficient (Wildman–Crippen LogP) is 3.98. The minimum atomic E-state index is -0.0552. The zero-order valence-electron chi connectivity index (χ0n) is 14.1. The summed E-state index contributed by atoms with van der Waals surface area (Å²) in [7, 11) is 0. The molecule has 2 aliphatic heterocycles. The summed E-state index contributed by atoms with van der Waals surface area (Å²) in [5.41, 5.74) is 3.87. The molecule has 5 heteroatoms. The van der Waals surface area contributed by atoms with Crippen LogP contribution in [0.4, 0.5) is 5.69 Å². The van der Waals surface area contributed by atoms with Crippen molar-refractivity contribution < 1.29 is 4.79 Å². The number of nitrogens with zero attached hydrogens (tertiary/aromatic N) is 2. The third kappa shape index (κ3) is 3.94. The van der Waals surface area contributed by atoms with Crippen molar-refractivity contribution in [3.63, 3.8) is 0 Å². The van der Waals surface area contributed by atoms with Gasteiger partial charge < -0.3 is 5.32 Å². The highest BCUT2D eigenvalue weighted by Gasteiger charge is 2.13. The van der Waals surface area contributed by atoms with E-state index < -0.39 is 0 Å². The Morgan fingerprint density at radius 3 is 2.72 bits per heavy atom. The van der Waals surface area contributed by atoms with Crippen molar-refractivity contribution >= 4 is 29.8 Å². The van der Waals surface area contributed by atoms with Gasteiger partial charge in [-0.05, 0) is 60.2 Å². The van der Waals surface area contributed by atoms with Crippen LogP contribution >= 0.6 is 11.9 Å². The van der Waals surface area contributed by atoms with E-state index in [2.05, 4.69) is 38.9 Å². The first-order valence-electron chi connectivity index (χ1n) is 8.73. The summed E-state index contributed by atoms with van der Waals surface area (Å²) in [4.78, 5) is 17.9. The Morgan fingerprint density at radius 2 is 1.92 bits per heavy atom. The van der Waals surface area contributed by atoms with Crippen LogP contribution in [0.2, 0.25) is 0 Å². The second-order valence-corrected chi connectivity index (χ2v) is 7.58. The number of fused-ring (bicyclic) bond motifs is 1. The average Bonchev–Trinajstić information content (AvgIpc) is 3.31. The van der Waals surface area contributed by atoms with Crippen LogP contribution in [0, 0.1) is 0 Å². The van der Waals surface area contributed by atoms with Gasteiger partial charge >= 0.3 is 0 Å². The number of aliphatic imine (C=N–C) groups is 1. The number of hydrogen-bond donors (Lipinski definition) is 1.